The lowest BCUT2D eigenvalue weighted by Crippen LogP contribution is -2.54. The van der Waals surface area contributed by atoms with Crippen molar-refractivity contribution in [1.82, 2.24) is 44.6 Å². The second kappa shape index (κ2) is 8.64. The van der Waals surface area contributed by atoms with E-state index in [1.165, 1.54) is 6.33 Å². The summed E-state index contributed by atoms with van der Waals surface area (Å²) in [6, 6.07) is 0.218. The Morgan fingerprint density at radius 1 is 1.14 bits per heavy atom. The molecular formula is C22H24BrN11O. The van der Waals surface area contributed by atoms with Gasteiger partial charge in [0.25, 0.3) is 5.91 Å². The molecule has 2 aliphatic rings. The maximum absolute atomic E-state index is 13.1. The van der Waals surface area contributed by atoms with Crippen molar-refractivity contribution in [3.05, 3.63) is 46.7 Å². The van der Waals surface area contributed by atoms with Crippen molar-refractivity contribution >= 4 is 33.3 Å². The zero-order valence-corrected chi connectivity index (χ0v) is 20.4. The average Bonchev–Trinajstić information content (AvgIpc) is 3.56. The summed E-state index contributed by atoms with van der Waals surface area (Å²) in [5.74, 6) is 1.40. The number of nitrogen functional groups attached to an aromatic ring is 1. The molecule has 0 radical (unpaired) electrons. The summed E-state index contributed by atoms with van der Waals surface area (Å²) in [5, 5.41) is 11.0. The van der Waals surface area contributed by atoms with E-state index in [1.54, 1.807) is 23.1 Å². The molecule has 180 valence electrons. The third-order valence-corrected chi connectivity index (χ3v) is 7.87. The smallest absolute Gasteiger partial charge is 0.291 e. The normalized spacial score (nSPS) is 22.0. The zero-order valence-electron chi connectivity index (χ0n) is 18.8. The van der Waals surface area contributed by atoms with E-state index in [0.29, 0.717) is 17.3 Å². The van der Waals surface area contributed by atoms with Crippen molar-refractivity contribution in [2.24, 2.45) is 5.73 Å². The van der Waals surface area contributed by atoms with Crippen molar-refractivity contribution in [2.45, 2.75) is 56.7 Å². The molecule has 2 fully saturated rings. The van der Waals surface area contributed by atoms with Crippen molar-refractivity contribution in [2.75, 3.05) is 5.73 Å². The number of hydrogen-bond acceptors (Lipinski definition) is 9. The van der Waals surface area contributed by atoms with E-state index in [9.17, 15) is 4.79 Å². The Morgan fingerprint density at radius 2 is 1.89 bits per heavy atom. The number of carbonyl (C=O) groups excluding carboxylic acids is 1. The first-order chi connectivity index (χ1) is 17.0. The van der Waals surface area contributed by atoms with Gasteiger partial charge in [-0.1, -0.05) is 0 Å². The van der Waals surface area contributed by atoms with Crippen LogP contribution in [0.15, 0.2) is 29.4 Å². The maximum atomic E-state index is 13.1. The molecule has 35 heavy (non-hydrogen) atoms. The van der Waals surface area contributed by atoms with E-state index in [4.69, 9.17) is 16.5 Å². The van der Waals surface area contributed by atoms with Gasteiger partial charge in [-0.15, -0.1) is 0 Å². The summed E-state index contributed by atoms with van der Waals surface area (Å²) < 4.78 is 2.37. The van der Waals surface area contributed by atoms with Gasteiger partial charge in [-0.25, -0.2) is 19.9 Å². The first-order valence-corrected chi connectivity index (χ1v) is 12.4. The van der Waals surface area contributed by atoms with Crippen LogP contribution in [0, 0.1) is 0 Å². The molecule has 2 aliphatic heterocycles. The lowest BCUT2D eigenvalue weighted by atomic mass is 9.77. The fourth-order valence-corrected chi connectivity index (χ4v) is 6.03. The van der Waals surface area contributed by atoms with E-state index < -0.39 is 0 Å². The number of anilines is 1. The molecule has 0 saturated carbocycles. The second-order valence-electron chi connectivity index (χ2n) is 9.04. The van der Waals surface area contributed by atoms with Crippen LogP contribution in [-0.2, 0) is 6.54 Å². The third kappa shape index (κ3) is 3.65. The highest BCUT2D eigenvalue weighted by Gasteiger charge is 2.43. The number of carbonyl (C=O) groups is 1. The van der Waals surface area contributed by atoms with Gasteiger partial charge in [-0.05, 0) is 48.0 Å². The summed E-state index contributed by atoms with van der Waals surface area (Å²) >= 11 is 3.69. The second-order valence-corrected chi connectivity index (χ2v) is 9.83. The zero-order chi connectivity index (χ0) is 24.1. The summed E-state index contributed by atoms with van der Waals surface area (Å²) in [6.07, 6.45) is 11.1. The summed E-state index contributed by atoms with van der Waals surface area (Å²) in [6.45, 7) is 0.275. The Morgan fingerprint density at radius 3 is 2.54 bits per heavy atom. The molecular weight excluding hydrogens is 514 g/mol. The van der Waals surface area contributed by atoms with Crippen LogP contribution in [0.2, 0.25) is 0 Å². The summed E-state index contributed by atoms with van der Waals surface area (Å²) in [5.41, 5.74) is 15.3. The number of aromatic amines is 1. The lowest BCUT2D eigenvalue weighted by Gasteiger charge is -2.48. The number of nitrogens with one attached hydrogen (secondary N) is 1. The number of fused-ring (bicyclic) bond motifs is 3. The van der Waals surface area contributed by atoms with Crippen LogP contribution < -0.4 is 11.5 Å². The van der Waals surface area contributed by atoms with Gasteiger partial charge in [0, 0.05) is 41.5 Å². The number of rotatable bonds is 4. The van der Waals surface area contributed by atoms with Crippen molar-refractivity contribution in [1.29, 1.82) is 0 Å². The number of amides is 1. The van der Waals surface area contributed by atoms with Crippen LogP contribution in [0.1, 0.15) is 60.2 Å². The molecule has 4 aromatic rings. The predicted octanol–water partition coefficient (Wildman–Crippen LogP) is 2.05. The minimum Gasteiger partial charge on any atom is -0.383 e. The Bertz CT molecular complexity index is 1370. The number of nitrogens with two attached hydrogens (primary N) is 2. The van der Waals surface area contributed by atoms with Crippen LogP contribution in [0.25, 0.3) is 16.8 Å². The molecule has 0 spiro atoms. The van der Waals surface area contributed by atoms with E-state index in [2.05, 4.69) is 46.2 Å². The fraction of sp³-hybridized carbons (Fsp3) is 0.409. The van der Waals surface area contributed by atoms with Gasteiger partial charge >= 0.3 is 0 Å². The molecule has 12 nitrogen and oxygen atoms in total. The Hall–Kier alpha value is -3.45. The largest absolute Gasteiger partial charge is 0.383 e. The van der Waals surface area contributed by atoms with Gasteiger partial charge in [-0.3, -0.25) is 9.89 Å². The Balaban J connectivity index is 1.36. The van der Waals surface area contributed by atoms with Gasteiger partial charge in [0.05, 0.1) is 22.9 Å². The van der Waals surface area contributed by atoms with Gasteiger partial charge < -0.3 is 16.4 Å². The molecule has 5 N–H and O–H groups in total. The quantitative estimate of drug-likeness (QED) is 0.352. The predicted molar refractivity (Wildman–Crippen MR) is 130 cm³/mol. The minimum atomic E-state index is -0.0864. The van der Waals surface area contributed by atoms with E-state index in [1.807, 2.05) is 4.90 Å². The van der Waals surface area contributed by atoms with Gasteiger partial charge in [0.15, 0.2) is 5.65 Å². The summed E-state index contributed by atoms with van der Waals surface area (Å²) in [7, 11) is 0. The van der Waals surface area contributed by atoms with E-state index >= 15 is 0 Å². The Kier molecular flexibility index (Phi) is 5.44. The Labute approximate surface area is 208 Å². The molecule has 3 atom stereocenters. The van der Waals surface area contributed by atoms with Gasteiger partial charge in [0.1, 0.15) is 18.0 Å². The van der Waals surface area contributed by atoms with Crippen LogP contribution in [0.3, 0.4) is 0 Å². The third-order valence-electron chi connectivity index (χ3n) is 7.06. The number of aromatic nitrogens is 8. The first kappa shape index (κ1) is 22.0. The van der Waals surface area contributed by atoms with Crippen LogP contribution in [-0.4, -0.2) is 62.6 Å². The molecule has 6 rings (SSSR count). The van der Waals surface area contributed by atoms with Gasteiger partial charge in [-0.2, -0.15) is 14.7 Å². The minimum absolute atomic E-state index is 0.0864. The highest BCUT2D eigenvalue weighted by molar-refractivity contribution is 9.10. The molecule has 1 unspecified atom stereocenters. The molecule has 0 aromatic carbocycles. The molecule has 4 aromatic heterocycles. The van der Waals surface area contributed by atoms with Crippen LogP contribution in [0.4, 0.5) is 5.82 Å². The summed E-state index contributed by atoms with van der Waals surface area (Å²) in [4.78, 5) is 32.9. The number of hydrogen-bond donors (Lipinski definition) is 3. The van der Waals surface area contributed by atoms with Crippen LogP contribution >= 0.6 is 15.9 Å². The topological polar surface area (TPSA) is 170 Å². The molecule has 1 amide bonds. The SMILES string of the molecule is NCc1ncc(-c2cnn3c(N)c(Br)c(C4C[C@H]5CCC[C@@H](C4)N5C(=O)c4ncn[nH]4)nc23)cn1. The average molecular weight is 538 g/mol. The number of halogens is 1. The number of H-pyrrole nitrogens is 1. The molecule has 6 heterocycles. The van der Waals surface area contributed by atoms with E-state index in [0.717, 1.165) is 53.4 Å². The number of nitrogens with zero attached hydrogens (tertiary/aromatic N) is 8. The van der Waals surface area contributed by atoms with E-state index in [-0.39, 0.29) is 36.3 Å². The van der Waals surface area contributed by atoms with Crippen molar-refractivity contribution < 1.29 is 4.79 Å². The van der Waals surface area contributed by atoms with Gasteiger partial charge in [0.2, 0.25) is 5.82 Å². The highest BCUT2D eigenvalue weighted by atomic mass is 79.9. The van der Waals surface area contributed by atoms with Crippen molar-refractivity contribution in [3.63, 3.8) is 0 Å². The first-order valence-electron chi connectivity index (χ1n) is 11.6. The standard InChI is InChI=1S/C22H24BrN11O/c23-17-18(11-4-13-2-1-3-14(5-11)33(13)22(35)20-28-10-29-32-20)31-21-15(9-30-34(21)19(17)25)12-7-26-16(6-24)27-8-12/h7-11,13-14H,1-6,24-25H2,(H,28,29,32)/t11?,13-,14+. The molecule has 2 saturated heterocycles. The fourth-order valence-electron chi connectivity index (χ4n) is 5.45. The lowest BCUT2D eigenvalue weighted by molar-refractivity contribution is 0.0220. The van der Waals surface area contributed by atoms with Crippen LogP contribution in [0.5, 0.6) is 0 Å². The maximum Gasteiger partial charge on any atom is 0.291 e. The molecule has 13 heteroatoms. The molecule has 0 aliphatic carbocycles. The molecule has 2 bridgehead atoms. The highest BCUT2D eigenvalue weighted by Crippen LogP contribution is 2.44. The number of piperidine rings is 2. The van der Waals surface area contributed by atoms with Crippen molar-refractivity contribution in [3.8, 4) is 11.1 Å². The monoisotopic (exact) mass is 537 g/mol.